The summed E-state index contributed by atoms with van der Waals surface area (Å²) in [6.07, 6.45) is 3.82. The number of aromatic nitrogens is 2. The molecule has 6 nitrogen and oxygen atoms in total. The van der Waals surface area contributed by atoms with Crippen molar-refractivity contribution < 1.29 is 8.42 Å². The third-order valence-corrected chi connectivity index (χ3v) is 5.58. The first-order valence-corrected chi connectivity index (χ1v) is 8.60. The maximum absolute atomic E-state index is 12.5. The first-order valence-electron chi connectivity index (χ1n) is 7.16. The second-order valence-electron chi connectivity index (χ2n) is 5.41. The van der Waals surface area contributed by atoms with Gasteiger partial charge in [-0.15, -0.1) is 0 Å². The summed E-state index contributed by atoms with van der Waals surface area (Å²) < 4.78 is 28.3. The highest BCUT2D eigenvalue weighted by atomic mass is 32.2. The normalized spacial score (nSPS) is 20.5. The summed E-state index contributed by atoms with van der Waals surface area (Å²) in [5.41, 5.74) is 0. The molecule has 1 aliphatic heterocycles. The van der Waals surface area contributed by atoms with Gasteiger partial charge in [-0.05, 0) is 45.7 Å². The summed E-state index contributed by atoms with van der Waals surface area (Å²) in [5, 5.41) is 3.47. The van der Waals surface area contributed by atoms with Gasteiger partial charge in [-0.2, -0.15) is 4.31 Å². The summed E-state index contributed by atoms with van der Waals surface area (Å²) in [7, 11) is -1.83. The molecule has 1 N–H and O–H groups in total. The van der Waals surface area contributed by atoms with Crippen LogP contribution in [0.3, 0.4) is 0 Å². The lowest BCUT2D eigenvalue weighted by atomic mass is 10.00. The molecule has 1 aromatic rings. The fourth-order valence-electron chi connectivity index (χ4n) is 2.62. The van der Waals surface area contributed by atoms with Crippen molar-refractivity contribution in [1.82, 2.24) is 19.2 Å². The molecule has 114 valence electrons. The molecular weight excluding hydrogens is 276 g/mol. The van der Waals surface area contributed by atoms with E-state index in [1.807, 2.05) is 18.4 Å². The van der Waals surface area contributed by atoms with E-state index < -0.39 is 10.0 Å². The van der Waals surface area contributed by atoms with Crippen molar-refractivity contribution in [3.05, 3.63) is 12.0 Å². The standard InChI is InChI=1S/C13H24N4O2S/c1-4-17-10-13(15-11(17)2)20(18,19)16(3)9-12-6-5-7-14-8-12/h10,12,14H,4-9H2,1-3H3. The van der Waals surface area contributed by atoms with Gasteiger partial charge in [-0.25, -0.2) is 13.4 Å². The third kappa shape index (κ3) is 3.21. The Morgan fingerprint density at radius 2 is 2.30 bits per heavy atom. The lowest BCUT2D eigenvalue weighted by Crippen LogP contribution is -2.39. The highest BCUT2D eigenvalue weighted by Crippen LogP contribution is 2.18. The number of sulfonamides is 1. The van der Waals surface area contributed by atoms with E-state index in [-0.39, 0.29) is 5.03 Å². The second-order valence-corrected chi connectivity index (χ2v) is 7.40. The molecule has 2 rings (SSSR count). The first kappa shape index (κ1) is 15.5. The van der Waals surface area contributed by atoms with E-state index in [9.17, 15) is 8.42 Å². The number of rotatable bonds is 5. The Morgan fingerprint density at radius 3 is 2.85 bits per heavy atom. The molecule has 0 saturated carbocycles. The topological polar surface area (TPSA) is 67.2 Å². The van der Waals surface area contributed by atoms with Crippen molar-refractivity contribution in [1.29, 1.82) is 0 Å². The summed E-state index contributed by atoms with van der Waals surface area (Å²) >= 11 is 0. The zero-order valence-corrected chi connectivity index (χ0v) is 13.3. The van der Waals surface area contributed by atoms with Crippen molar-refractivity contribution in [2.75, 3.05) is 26.7 Å². The maximum atomic E-state index is 12.5. The number of hydrogen-bond donors (Lipinski definition) is 1. The van der Waals surface area contributed by atoms with Crippen LogP contribution in [0.25, 0.3) is 0 Å². The van der Waals surface area contributed by atoms with Crippen LogP contribution < -0.4 is 5.32 Å². The Kier molecular flexibility index (Phi) is 4.82. The zero-order chi connectivity index (χ0) is 14.8. The average molecular weight is 300 g/mol. The lowest BCUT2D eigenvalue weighted by Gasteiger charge is -2.26. The maximum Gasteiger partial charge on any atom is 0.261 e. The molecule has 0 aliphatic carbocycles. The molecule has 1 saturated heterocycles. The molecule has 0 aromatic carbocycles. The SMILES string of the molecule is CCn1cc(S(=O)(=O)N(C)CC2CCCNC2)nc1C. The van der Waals surface area contributed by atoms with Gasteiger partial charge in [0.2, 0.25) is 0 Å². The minimum Gasteiger partial charge on any atom is -0.334 e. The Hall–Kier alpha value is -0.920. The largest absolute Gasteiger partial charge is 0.334 e. The van der Waals surface area contributed by atoms with Gasteiger partial charge < -0.3 is 9.88 Å². The minimum absolute atomic E-state index is 0.156. The fourth-order valence-corrected chi connectivity index (χ4v) is 3.86. The van der Waals surface area contributed by atoms with Crippen LogP contribution in [0.15, 0.2) is 11.2 Å². The third-order valence-electron chi connectivity index (χ3n) is 3.88. The molecule has 0 spiro atoms. The molecular formula is C13H24N4O2S. The van der Waals surface area contributed by atoms with E-state index in [2.05, 4.69) is 10.3 Å². The van der Waals surface area contributed by atoms with E-state index in [0.29, 0.717) is 12.5 Å². The predicted molar refractivity (Wildman–Crippen MR) is 78.0 cm³/mol. The summed E-state index contributed by atoms with van der Waals surface area (Å²) in [6.45, 7) is 7.00. The van der Waals surface area contributed by atoms with Crippen LogP contribution in [0.2, 0.25) is 0 Å². The van der Waals surface area contributed by atoms with Gasteiger partial charge in [-0.3, -0.25) is 0 Å². The molecule has 1 atom stereocenters. The van der Waals surface area contributed by atoms with Crippen LogP contribution in [0.4, 0.5) is 0 Å². The predicted octanol–water partition coefficient (Wildman–Crippen LogP) is 0.832. The average Bonchev–Trinajstić information content (AvgIpc) is 2.81. The quantitative estimate of drug-likeness (QED) is 0.875. The van der Waals surface area contributed by atoms with E-state index in [1.54, 1.807) is 13.2 Å². The highest BCUT2D eigenvalue weighted by molar-refractivity contribution is 7.89. The summed E-state index contributed by atoms with van der Waals surface area (Å²) in [6, 6.07) is 0. The van der Waals surface area contributed by atoms with Gasteiger partial charge in [0.25, 0.3) is 10.0 Å². The fraction of sp³-hybridized carbons (Fsp3) is 0.769. The van der Waals surface area contributed by atoms with Gasteiger partial charge in [-0.1, -0.05) is 0 Å². The Morgan fingerprint density at radius 1 is 1.55 bits per heavy atom. The van der Waals surface area contributed by atoms with Crippen LogP contribution >= 0.6 is 0 Å². The van der Waals surface area contributed by atoms with E-state index in [4.69, 9.17) is 0 Å². The number of nitrogens with zero attached hydrogens (tertiary/aromatic N) is 3. The van der Waals surface area contributed by atoms with E-state index in [1.165, 1.54) is 4.31 Å². The van der Waals surface area contributed by atoms with Crippen LogP contribution in [0, 0.1) is 12.8 Å². The van der Waals surface area contributed by atoms with Crippen molar-refractivity contribution in [3.8, 4) is 0 Å². The molecule has 7 heteroatoms. The molecule has 0 radical (unpaired) electrons. The van der Waals surface area contributed by atoms with Crippen LogP contribution in [0.1, 0.15) is 25.6 Å². The van der Waals surface area contributed by atoms with Crippen molar-refractivity contribution in [2.24, 2.45) is 5.92 Å². The van der Waals surface area contributed by atoms with Crippen LogP contribution in [-0.2, 0) is 16.6 Å². The van der Waals surface area contributed by atoms with E-state index in [0.717, 1.165) is 38.3 Å². The van der Waals surface area contributed by atoms with Gasteiger partial charge in [0.05, 0.1) is 0 Å². The Labute approximate surface area is 121 Å². The van der Waals surface area contributed by atoms with Gasteiger partial charge in [0, 0.05) is 26.3 Å². The Bertz CT molecular complexity index is 547. The molecule has 20 heavy (non-hydrogen) atoms. The highest BCUT2D eigenvalue weighted by Gasteiger charge is 2.27. The number of nitrogens with one attached hydrogen (secondary N) is 1. The minimum atomic E-state index is -3.48. The van der Waals surface area contributed by atoms with E-state index >= 15 is 0 Å². The van der Waals surface area contributed by atoms with Gasteiger partial charge in [0.15, 0.2) is 5.03 Å². The first-order chi connectivity index (χ1) is 9.45. The zero-order valence-electron chi connectivity index (χ0n) is 12.5. The summed E-state index contributed by atoms with van der Waals surface area (Å²) in [4.78, 5) is 4.19. The second kappa shape index (κ2) is 6.24. The molecule has 1 unspecified atom stereocenters. The smallest absolute Gasteiger partial charge is 0.261 e. The molecule has 2 heterocycles. The molecule has 1 fully saturated rings. The molecule has 0 bridgehead atoms. The van der Waals surface area contributed by atoms with Gasteiger partial charge >= 0.3 is 0 Å². The van der Waals surface area contributed by atoms with Crippen molar-refractivity contribution in [2.45, 2.75) is 38.3 Å². The summed E-state index contributed by atoms with van der Waals surface area (Å²) in [5.74, 6) is 1.12. The molecule has 0 amide bonds. The number of piperidine rings is 1. The number of hydrogen-bond acceptors (Lipinski definition) is 4. The lowest BCUT2D eigenvalue weighted by molar-refractivity contribution is 0.314. The molecule has 1 aliphatic rings. The van der Waals surface area contributed by atoms with Crippen molar-refractivity contribution in [3.63, 3.8) is 0 Å². The van der Waals surface area contributed by atoms with Crippen LogP contribution in [-0.4, -0.2) is 49.0 Å². The van der Waals surface area contributed by atoms with Crippen LogP contribution in [0.5, 0.6) is 0 Å². The monoisotopic (exact) mass is 300 g/mol. The number of aryl methyl sites for hydroxylation is 2. The number of imidazole rings is 1. The molecule has 1 aromatic heterocycles. The Balaban J connectivity index is 2.11. The van der Waals surface area contributed by atoms with Gasteiger partial charge in [0.1, 0.15) is 5.82 Å². The van der Waals surface area contributed by atoms with Crippen molar-refractivity contribution >= 4 is 10.0 Å².